The fourth-order valence-corrected chi connectivity index (χ4v) is 2.43. The van der Waals surface area contributed by atoms with Crippen LogP contribution in [0.25, 0.3) is 0 Å². The Morgan fingerprint density at radius 3 is 2.21 bits per heavy atom. The van der Waals surface area contributed by atoms with Gasteiger partial charge in [-0.1, -0.05) is 51.1 Å². The molecule has 5 heteroatoms. The van der Waals surface area contributed by atoms with Crippen molar-refractivity contribution in [1.29, 1.82) is 0 Å². The van der Waals surface area contributed by atoms with E-state index in [0.717, 1.165) is 5.56 Å². The minimum Gasteiger partial charge on any atom is -0.466 e. The zero-order chi connectivity index (χ0) is 18.4. The number of carbonyl (C=O) groups is 1. The zero-order valence-electron chi connectivity index (χ0n) is 14.5. The number of rotatable bonds is 7. The predicted molar refractivity (Wildman–Crippen MR) is 87.6 cm³/mol. The third-order valence-corrected chi connectivity index (χ3v) is 3.50. The van der Waals surface area contributed by atoms with E-state index in [1.54, 1.807) is 40.5 Å². The van der Waals surface area contributed by atoms with Gasteiger partial charge in [-0.05, 0) is 36.7 Å². The van der Waals surface area contributed by atoms with Crippen LogP contribution in [0, 0.1) is 30.1 Å². The van der Waals surface area contributed by atoms with E-state index in [-0.39, 0.29) is 6.61 Å². The van der Waals surface area contributed by atoms with E-state index < -0.39 is 29.9 Å². The lowest BCUT2D eigenvalue weighted by Crippen LogP contribution is -2.36. The van der Waals surface area contributed by atoms with Crippen LogP contribution in [0.5, 0.6) is 0 Å². The molecular formula is C19H24F3O2. The van der Waals surface area contributed by atoms with Crippen molar-refractivity contribution in [3.63, 3.8) is 0 Å². The Balaban J connectivity index is 3.00. The Morgan fingerprint density at radius 2 is 1.75 bits per heavy atom. The molecule has 0 fully saturated rings. The lowest BCUT2D eigenvalue weighted by Gasteiger charge is -2.35. The van der Waals surface area contributed by atoms with Gasteiger partial charge in [0.05, 0.1) is 18.9 Å². The van der Waals surface area contributed by atoms with E-state index in [2.05, 4.69) is 0 Å². The van der Waals surface area contributed by atoms with E-state index in [1.165, 1.54) is 0 Å². The SMILES string of the molecule is CCOC(=O)[C@@H](CC(F)(F)F)[C]([CH][CH]c1ccccc1)C(C)(C)C. The third kappa shape index (κ3) is 6.93. The topological polar surface area (TPSA) is 26.3 Å². The van der Waals surface area contributed by atoms with Crippen LogP contribution in [0.1, 0.15) is 39.7 Å². The summed E-state index contributed by atoms with van der Waals surface area (Å²) in [7, 11) is 0. The summed E-state index contributed by atoms with van der Waals surface area (Å²) in [6.07, 6.45) is -2.34. The highest BCUT2D eigenvalue weighted by Gasteiger charge is 2.44. The van der Waals surface area contributed by atoms with Crippen LogP contribution in [0.2, 0.25) is 0 Å². The Bertz CT molecular complexity index is 504. The summed E-state index contributed by atoms with van der Waals surface area (Å²) in [5.74, 6) is -1.77. The lowest BCUT2D eigenvalue weighted by atomic mass is 9.69. The van der Waals surface area contributed by atoms with Crippen LogP contribution >= 0.6 is 0 Å². The molecule has 0 N–H and O–H groups in total. The largest absolute Gasteiger partial charge is 0.466 e. The highest BCUT2D eigenvalue weighted by atomic mass is 19.4. The highest BCUT2D eigenvalue weighted by molar-refractivity contribution is 5.76. The second-order valence-corrected chi connectivity index (χ2v) is 6.57. The summed E-state index contributed by atoms with van der Waals surface area (Å²) in [6.45, 7) is 7.01. The molecule has 0 saturated carbocycles. The van der Waals surface area contributed by atoms with Gasteiger partial charge in [0.15, 0.2) is 0 Å². The van der Waals surface area contributed by atoms with E-state index in [4.69, 9.17) is 4.74 Å². The maximum Gasteiger partial charge on any atom is 0.389 e. The van der Waals surface area contributed by atoms with Gasteiger partial charge in [-0.3, -0.25) is 4.79 Å². The fraction of sp³-hybridized carbons (Fsp3) is 0.474. The maximum absolute atomic E-state index is 13.0. The number of ether oxygens (including phenoxy) is 1. The summed E-state index contributed by atoms with van der Waals surface area (Å²) >= 11 is 0. The van der Waals surface area contributed by atoms with Gasteiger partial charge in [0.1, 0.15) is 0 Å². The van der Waals surface area contributed by atoms with Crippen molar-refractivity contribution in [2.45, 2.75) is 40.3 Å². The molecule has 1 rings (SSSR count). The average Bonchev–Trinajstić information content (AvgIpc) is 2.45. The molecule has 0 aromatic heterocycles. The van der Waals surface area contributed by atoms with E-state index in [1.807, 2.05) is 30.3 Å². The maximum atomic E-state index is 13.0. The molecule has 0 unspecified atom stereocenters. The molecule has 0 heterocycles. The molecule has 0 aliphatic heterocycles. The summed E-state index contributed by atoms with van der Waals surface area (Å²) in [5.41, 5.74) is 0.252. The molecule has 0 spiro atoms. The number of hydrogen-bond donors (Lipinski definition) is 0. The summed E-state index contributed by atoms with van der Waals surface area (Å²) in [5, 5.41) is 0. The average molecular weight is 341 g/mol. The molecule has 3 radical (unpaired) electrons. The lowest BCUT2D eigenvalue weighted by molar-refractivity contribution is -0.167. The molecule has 1 aromatic rings. The molecule has 2 nitrogen and oxygen atoms in total. The molecule has 0 bridgehead atoms. The van der Waals surface area contributed by atoms with Gasteiger partial charge >= 0.3 is 12.1 Å². The molecule has 1 aromatic carbocycles. The Labute approximate surface area is 142 Å². The number of esters is 1. The van der Waals surface area contributed by atoms with Gasteiger partial charge in [-0.2, -0.15) is 13.2 Å². The Kier molecular flexibility index (Phi) is 7.30. The van der Waals surface area contributed by atoms with Crippen LogP contribution in [0.4, 0.5) is 13.2 Å². The van der Waals surface area contributed by atoms with E-state index in [9.17, 15) is 18.0 Å². The van der Waals surface area contributed by atoms with Crippen molar-refractivity contribution in [2.75, 3.05) is 6.61 Å². The van der Waals surface area contributed by atoms with Crippen LogP contribution < -0.4 is 0 Å². The molecule has 24 heavy (non-hydrogen) atoms. The van der Waals surface area contributed by atoms with Crippen molar-refractivity contribution in [2.24, 2.45) is 11.3 Å². The first-order chi connectivity index (χ1) is 11.0. The summed E-state index contributed by atoms with van der Waals surface area (Å²) in [6, 6.07) is 9.24. The van der Waals surface area contributed by atoms with Gasteiger partial charge in [0.25, 0.3) is 0 Å². The van der Waals surface area contributed by atoms with Crippen LogP contribution in [-0.4, -0.2) is 18.8 Å². The minimum absolute atomic E-state index is 0.0486. The van der Waals surface area contributed by atoms with Crippen molar-refractivity contribution >= 4 is 5.97 Å². The second-order valence-electron chi connectivity index (χ2n) is 6.57. The first kappa shape index (κ1) is 20.5. The summed E-state index contributed by atoms with van der Waals surface area (Å²) < 4.78 is 43.8. The van der Waals surface area contributed by atoms with Gasteiger partial charge < -0.3 is 4.74 Å². The predicted octanol–water partition coefficient (Wildman–Crippen LogP) is 5.20. The van der Waals surface area contributed by atoms with Crippen LogP contribution in [-0.2, 0) is 9.53 Å². The molecule has 133 valence electrons. The van der Waals surface area contributed by atoms with Gasteiger partial charge in [0.2, 0.25) is 0 Å². The van der Waals surface area contributed by atoms with Crippen molar-refractivity contribution in [3.05, 3.63) is 54.7 Å². The van der Waals surface area contributed by atoms with Crippen molar-refractivity contribution in [3.8, 4) is 0 Å². The van der Waals surface area contributed by atoms with Crippen LogP contribution in [0.3, 0.4) is 0 Å². The standard InChI is InChI=1S/C19H24F3O2/c1-5-24-17(23)15(13-19(20,21)22)16(18(2,3)4)12-11-14-9-7-6-8-10-14/h6-12,15H,5,13H2,1-4H3/t15-/m0/s1. The third-order valence-electron chi connectivity index (χ3n) is 3.50. The smallest absolute Gasteiger partial charge is 0.389 e. The number of halogens is 3. The molecule has 0 saturated heterocycles. The zero-order valence-corrected chi connectivity index (χ0v) is 14.5. The molecule has 1 atom stereocenters. The first-order valence-corrected chi connectivity index (χ1v) is 7.88. The van der Waals surface area contributed by atoms with Gasteiger partial charge in [-0.25, -0.2) is 0 Å². The van der Waals surface area contributed by atoms with Gasteiger partial charge in [0, 0.05) is 0 Å². The number of benzene rings is 1. The monoisotopic (exact) mass is 341 g/mol. The number of alkyl halides is 3. The molecule has 0 aliphatic carbocycles. The van der Waals surface area contributed by atoms with Crippen molar-refractivity contribution in [1.82, 2.24) is 0 Å². The Hall–Kier alpha value is -1.52. The van der Waals surface area contributed by atoms with Gasteiger partial charge in [-0.15, -0.1) is 0 Å². The normalized spacial score (nSPS) is 13.8. The molecule has 0 amide bonds. The second kappa shape index (κ2) is 8.54. The van der Waals surface area contributed by atoms with Crippen LogP contribution in [0.15, 0.2) is 30.3 Å². The summed E-state index contributed by atoms with van der Waals surface area (Å²) in [4.78, 5) is 12.1. The number of hydrogen-bond acceptors (Lipinski definition) is 2. The highest BCUT2D eigenvalue weighted by Crippen LogP contribution is 2.43. The fourth-order valence-electron chi connectivity index (χ4n) is 2.43. The Morgan fingerprint density at radius 1 is 1.17 bits per heavy atom. The number of carbonyl (C=O) groups excluding carboxylic acids is 1. The first-order valence-electron chi connectivity index (χ1n) is 7.88. The van der Waals surface area contributed by atoms with E-state index >= 15 is 0 Å². The van der Waals surface area contributed by atoms with Crippen molar-refractivity contribution < 1.29 is 22.7 Å². The molecular weight excluding hydrogens is 317 g/mol. The van der Waals surface area contributed by atoms with E-state index in [0.29, 0.717) is 5.92 Å². The quantitative estimate of drug-likeness (QED) is 0.638. The molecule has 0 aliphatic rings. The minimum atomic E-state index is -4.45.